The number of rotatable bonds is 2. The van der Waals surface area contributed by atoms with Crippen LogP contribution in [0.15, 0.2) is 18.2 Å². The van der Waals surface area contributed by atoms with Gasteiger partial charge in [0.2, 0.25) is 0 Å². The Kier molecular flexibility index (Phi) is 2.95. The summed E-state index contributed by atoms with van der Waals surface area (Å²) in [4.78, 5) is 0. The van der Waals surface area contributed by atoms with Gasteiger partial charge in [-0.3, -0.25) is 0 Å². The van der Waals surface area contributed by atoms with E-state index in [1.807, 2.05) is 0 Å². The minimum atomic E-state index is -0.384. The summed E-state index contributed by atoms with van der Waals surface area (Å²) >= 11 is 5.67. The van der Waals surface area contributed by atoms with Crippen molar-refractivity contribution < 1.29 is 10.2 Å². The van der Waals surface area contributed by atoms with E-state index in [1.165, 1.54) is 6.07 Å². The average Bonchev–Trinajstić information content (AvgIpc) is 1.96. The van der Waals surface area contributed by atoms with Crippen LogP contribution in [0.3, 0.4) is 0 Å². The number of aliphatic hydroxyl groups excluding tert-OH is 1. The van der Waals surface area contributed by atoms with Crippen molar-refractivity contribution in [3.8, 4) is 5.75 Å². The molecule has 0 spiro atoms. The molecule has 0 aliphatic heterocycles. The van der Waals surface area contributed by atoms with E-state index in [0.717, 1.165) is 5.56 Å². The van der Waals surface area contributed by atoms with E-state index in [-0.39, 0.29) is 11.9 Å². The maximum absolute atomic E-state index is 9.08. The molecular weight excluding hydrogens is 176 g/mol. The highest BCUT2D eigenvalue weighted by Gasteiger charge is 2.02. The predicted octanol–water partition coefficient (Wildman–Crippen LogP) is 1.97. The summed E-state index contributed by atoms with van der Waals surface area (Å²) in [6.07, 6.45) is 0.172. The largest absolute Gasteiger partial charge is 0.506 e. The Morgan fingerprint density at radius 2 is 2.17 bits per heavy atom. The van der Waals surface area contributed by atoms with Gasteiger partial charge in [0, 0.05) is 0 Å². The molecule has 2 N–H and O–H groups in total. The van der Waals surface area contributed by atoms with Crippen LogP contribution in [0.2, 0.25) is 5.02 Å². The van der Waals surface area contributed by atoms with Crippen molar-refractivity contribution in [3.63, 3.8) is 0 Å². The molecular formula is C9H11ClO2. The molecule has 0 aliphatic rings. The van der Waals surface area contributed by atoms with Gasteiger partial charge in [-0.1, -0.05) is 17.7 Å². The first kappa shape index (κ1) is 9.36. The summed E-state index contributed by atoms with van der Waals surface area (Å²) in [5, 5.41) is 18.5. The van der Waals surface area contributed by atoms with Crippen LogP contribution in [-0.2, 0) is 6.42 Å². The fraction of sp³-hybridized carbons (Fsp3) is 0.333. The van der Waals surface area contributed by atoms with E-state index in [1.54, 1.807) is 19.1 Å². The molecule has 66 valence electrons. The number of hydrogen-bond acceptors (Lipinski definition) is 2. The quantitative estimate of drug-likeness (QED) is 0.742. The van der Waals surface area contributed by atoms with Crippen molar-refractivity contribution in [1.29, 1.82) is 0 Å². The molecule has 0 unspecified atom stereocenters. The molecule has 0 saturated carbocycles. The monoisotopic (exact) mass is 186 g/mol. The summed E-state index contributed by atoms with van der Waals surface area (Å²) in [6, 6.07) is 4.93. The molecule has 0 heterocycles. The van der Waals surface area contributed by atoms with Crippen molar-refractivity contribution in [3.05, 3.63) is 28.8 Å². The van der Waals surface area contributed by atoms with E-state index in [2.05, 4.69) is 0 Å². The third kappa shape index (κ3) is 2.40. The first-order chi connectivity index (χ1) is 5.59. The molecule has 1 aromatic carbocycles. The van der Waals surface area contributed by atoms with E-state index < -0.39 is 0 Å². The Morgan fingerprint density at radius 3 is 2.67 bits per heavy atom. The van der Waals surface area contributed by atoms with Crippen molar-refractivity contribution in [2.75, 3.05) is 0 Å². The zero-order chi connectivity index (χ0) is 9.14. The highest BCUT2D eigenvalue weighted by Crippen LogP contribution is 2.23. The maximum Gasteiger partial charge on any atom is 0.134 e. The minimum Gasteiger partial charge on any atom is -0.506 e. The molecule has 12 heavy (non-hydrogen) atoms. The second kappa shape index (κ2) is 3.78. The number of aromatic hydroxyl groups is 1. The van der Waals surface area contributed by atoms with Crippen LogP contribution in [0, 0.1) is 0 Å². The molecule has 0 aliphatic carbocycles. The standard InChI is InChI=1S/C9H11ClO2/c1-6(11)4-7-2-3-9(12)8(10)5-7/h2-3,5-6,11-12H,4H2,1H3/t6-/m1/s1. The van der Waals surface area contributed by atoms with Gasteiger partial charge in [0.15, 0.2) is 0 Å². The second-order valence-corrected chi connectivity index (χ2v) is 3.25. The van der Waals surface area contributed by atoms with Crippen molar-refractivity contribution >= 4 is 11.6 Å². The summed E-state index contributed by atoms with van der Waals surface area (Å²) < 4.78 is 0. The molecule has 2 nitrogen and oxygen atoms in total. The zero-order valence-corrected chi connectivity index (χ0v) is 7.54. The first-order valence-electron chi connectivity index (χ1n) is 3.75. The van der Waals surface area contributed by atoms with E-state index in [0.29, 0.717) is 11.4 Å². The molecule has 0 saturated heterocycles. The Balaban J connectivity index is 2.82. The number of halogens is 1. The highest BCUT2D eigenvalue weighted by molar-refractivity contribution is 6.32. The van der Waals surface area contributed by atoms with Gasteiger partial charge in [-0.05, 0) is 31.0 Å². The smallest absolute Gasteiger partial charge is 0.134 e. The van der Waals surface area contributed by atoms with Crippen LogP contribution in [0.1, 0.15) is 12.5 Å². The van der Waals surface area contributed by atoms with Crippen LogP contribution < -0.4 is 0 Å². The summed E-state index contributed by atoms with van der Waals surface area (Å²) in [5.41, 5.74) is 0.924. The Labute approximate surface area is 76.4 Å². The van der Waals surface area contributed by atoms with Crippen LogP contribution in [0.4, 0.5) is 0 Å². The van der Waals surface area contributed by atoms with Crippen LogP contribution >= 0.6 is 11.6 Å². The number of phenols is 1. The number of benzene rings is 1. The fourth-order valence-corrected chi connectivity index (χ4v) is 1.22. The van der Waals surface area contributed by atoms with E-state index >= 15 is 0 Å². The lowest BCUT2D eigenvalue weighted by atomic mass is 10.1. The van der Waals surface area contributed by atoms with Gasteiger partial charge in [0.05, 0.1) is 11.1 Å². The van der Waals surface area contributed by atoms with Crippen molar-refractivity contribution in [1.82, 2.24) is 0 Å². The Hall–Kier alpha value is -0.730. The SMILES string of the molecule is C[C@@H](O)Cc1ccc(O)c(Cl)c1. The molecule has 0 fully saturated rings. The molecule has 0 bridgehead atoms. The second-order valence-electron chi connectivity index (χ2n) is 2.84. The first-order valence-corrected chi connectivity index (χ1v) is 4.13. The lowest BCUT2D eigenvalue weighted by Gasteiger charge is -2.04. The molecule has 0 aromatic heterocycles. The molecule has 1 rings (SSSR count). The molecule has 3 heteroatoms. The molecule has 0 amide bonds. The Morgan fingerprint density at radius 1 is 1.50 bits per heavy atom. The maximum atomic E-state index is 9.08. The van der Waals surface area contributed by atoms with E-state index in [9.17, 15) is 0 Å². The van der Waals surface area contributed by atoms with Crippen LogP contribution in [0.25, 0.3) is 0 Å². The van der Waals surface area contributed by atoms with Crippen molar-refractivity contribution in [2.45, 2.75) is 19.4 Å². The molecule has 1 atom stereocenters. The minimum absolute atomic E-state index is 0.0750. The van der Waals surface area contributed by atoms with Crippen LogP contribution in [0.5, 0.6) is 5.75 Å². The lowest BCUT2D eigenvalue weighted by Crippen LogP contribution is -2.03. The van der Waals surface area contributed by atoms with Gasteiger partial charge in [-0.2, -0.15) is 0 Å². The normalized spacial score (nSPS) is 12.9. The lowest BCUT2D eigenvalue weighted by molar-refractivity contribution is 0.195. The van der Waals surface area contributed by atoms with Gasteiger partial charge < -0.3 is 10.2 Å². The van der Waals surface area contributed by atoms with Gasteiger partial charge in [-0.25, -0.2) is 0 Å². The van der Waals surface area contributed by atoms with Crippen LogP contribution in [-0.4, -0.2) is 16.3 Å². The average molecular weight is 187 g/mol. The summed E-state index contributed by atoms with van der Waals surface area (Å²) in [7, 11) is 0. The number of aliphatic hydroxyl groups is 1. The zero-order valence-electron chi connectivity index (χ0n) is 6.79. The third-order valence-corrected chi connectivity index (χ3v) is 1.85. The number of hydrogen-bond donors (Lipinski definition) is 2. The highest BCUT2D eigenvalue weighted by atomic mass is 35.5. The topological polar surface area (TPSA) is 40.5 Å². The van der Waals surface area contributed by atoms with E-state index in [4.69, 9.17) is 21.8 Å². The predicted molar refractivity (Wildman–Crippen MR) is 48.5 cm³/mol. The summed E-state index contributed by atoms with van der Waals surface area (Å²) in [5.74, 6) is 0.0750. The van der Waals surface area contributed by atoms with Gasteiger partial charge in [0.1, 0.15) is 5.75 Å². The van der Waals surface area contributed by atoms with Gasteiger partial charge in [-0.15, -0.1) is 0 Å². The number of phenolic OH excluding ortho intramolecular Hbond substituents is 1. The molecule has 0 radical (unpaired) electrons. The fourth-order valence-electron chi connectivity index (χ4n) is 1.02. The molecule has 1 aromatic rings. The Bertz CT molecular complexity index is 271. The van der Waals surface area contributed by atoms with Gasteiger partial charge in [0.25, 0.3) is 0 Å². The third-order valence-electron chi connectivity index (χ3n) is 1.54. The van der Waals surface area contributed by atoms with Crippen molar-refractivity contribution in [2.24, 2.45) is 0 Å². The van der Waals surface area contributed by atoms with Gasteiger partial charge >= 0.3 is 0 Å². The summed E-state index contributed by atoms with van der Waals surface area (Å²) in [6.45, 7) is 1.71.